The molecule has 25 heavy (non-hydrogen) atoms. The van der Waals surface area contributed by atoms with Crippen LogP contribution in [0.25, 0.3) is 0 Å². The molecule has 132 valence electrons. The van der Waals surface area contributed by atoms with Crippen LogP contribution in [0.2, 0.25) is 0 Å². The number of rotatable bonds is 10. The van der Waals surface area contributed by atoms with E-state index in [0.717, 1.165) is 11.1 Å². The van der Waals surface area contributed by atoms with Crippen molar-refractivity contribution in [3.05, 3.63) is 71.8 Å². The van der Waals surface area contributed by atoms with Gasteiger partial charge in [0.15, 0.2) is 0 Å². The fourth-order valence-electron chi connectivity index (χ4n) is 2.03. The summed E-state index contributed by atoms with van der Waals surface area (Å²) in [4.78, 5) is 23.3. The van der Waals surface area contributed by atoms with E-state index in [4.69, 9.17) is 9.47 Å². The molecule has 0 radical (unpaired) electrons. The Morgan fingerprint density at radius 3 is 1.48 bits per heavy atom. The average molecular weight is 358 g/mol. The summed E-state index contributed by atoms with van der Waals surface area (Å²) in [6.07, 6.45) is 0.688. The van der Waals surface area contributed by atoms with Crippen LogP contribution in [-0.2, 0) is 32.3 Å². The summed E-state index contributed by atoms with van der Waals surface area (Å²) in [5.41, 5.74) is 1.95. The molecule has 2 aromatic carbocycles. The van der Waals surface area contributed by atoms with Crippen LogP contribution in [0.1, 0.15) is 24.0 Å². The van der Waals surface area contributed by atoms with Gasteiger partial charge in [-0.1, -0.05) is 60.7 Å². The summed E-state index contributed by atoms with van der Waals surface area (Å²) in [7, 11) is 0. The summed E-state index contributed by atoms with van der Waals surface area (Å²) in [5, 5.41) is 0. The van der Waals surface area contributed by atoms with Crippen molar-refractivity contribution in [1.29, 1.82) is 0 Å². The van der Waals surface area contributed by atoms with Crippen molar-refractivity contribution < 1.29 is 19.1 Å². The smallest absolute Gasteiger partial charge is 0.306 e. The van der Waals surface area contributed by atoms with E-state index in [9.17, 15) is 9.59 Å². The molecule has 2 aromatic rings. The van der Waals surface area contributed by atoms with E-state index in [1.165, 1.54) is 0 Å². The molecular formula is C20H22O4S. The summed E-state index contributed by atoms with van der Waals surface area (Å²) in [6, 6.07) is 19.2. The van der Waals surface area contributed by atoms with Gasteiger partial charge >= 0.3 is 11.9 Å². The second kappa shape index (κ2) is 11.3. The Hall–Kier alpha value is -2.27. The van der Waals surface area contributed by atoms with Gasteiger partial charge < -0.3 is 9.47 Å². The Labute approximate surface area is 152 Å². The lowest BCUT2D eigenvalue weighted by Crippen LogP contribution is -2.07. The van der Waals surface area contributed by atoms with E-state index >= 15 is 0 Å². The maximum Gasteiger partial charge on any atom is 0.306 e. The van der Waals surface area contributed by atoms with Crippen molar-refractivity contribution in [2.45, 2.75) is 26.1 Å². The number of hydrogen-bond donors (Lipinski definition) is 0. The molecule has 2 rings (SSSR count). The van der Waals surface area contributed by atoms with Crippen molar-refractivity contribution >= 4 is 23.7 Å². The zero-order valence-corrected chi connectivity index (χ0v) is 14.9. The first-order valence-corrected chi connectivity index (χ1v) is 9.36. The van der Waals surface area contributed by atoms with E-state index in [0.29, 0.717) is 37.6 Å². The fourth-order valence-corrected chi connectivity index (χ4v) is 2.86. The lowest BCUT2D eigenvalue weighted by atomic mass is 10.2. The van der Waals surface area contributed by atoms with Crippen LogP contribution in [0.15, 0.2) is 60.7 Å². The minimum Gasteiger partial charge on any atom is -0.461 e. The summed E-state index contributed by atoms with van der Waals surface area (Å²) >= 11 is 1.55. The van der Waals surface area contributed by atoms with Gasteiger partial charge in [0, 0.05) is 11.5 Å². The molecule has 4 nitrogen and oxygen atoms in total. The zero-order chi connectivity index (χ0) is 17.7. The van der Waals surface area contributed by atoms with Gasteiger partial charge in [0.2, 0.25) is 0 Å². The van der Waals surface area contributed by atoms with Crippen LogP contribution in [0.4, 0.5) is 0 Å². The molecule has 0 aliphatic heterocycles. The number of hydrogen-bond acceptors (Lipinski definition) is 5. The van der Waals surface area contributed by atoms with E-state index in [1.54, 1.807) is 11.8 Å². The van der Waals surface area contributed by atoms with Gasteiger partial charge in [-0.2, -0.15) is 11.8 Å². The summed E-state index contributed by atoms with van der Waals surface area (Å²) in [5.74, 6) is 0.838. The predicted octanol–water partition coefficient (Wildman–Crippen LogP) is 3.99. The van der Waals surface area contributed by atoms with Crippen LogP contribution in [0.5, 0.6) is 0 Å². The molecular weight excluding hydrogens is 336 g/mol. The van der Waals surface area contributed by atoms with Gasteiger partial charge in [-0.25, -0.2) is 0 Å². The molecule has 0 aromatic heterocycles. The Morgan fingerprint density at radius 2 is 1.08 bits per heavy atom. The monoisotopic (exact) mass is 358 g/mol. The molecule has 0 aliphatic rings. The standard InChI is InChI=1S/C20H22O4S/c21-19(23-15-17-7-3-1-4-8-17)11-13-25-14-12-20(22)24-16-18-9-5-2-6-10-18/h1-10H,11-16H2. The van der Waals surface area contributed by atoms with E-state index < -0.39 is 0 Å². The number of benzene rings is 2. The Bertz CT molecular complexity index is 586. The number of carbonyl (C=O) groups is 2. The number of thioether (sulfide) groups is 1. The van der Waals surface area contributed by atoms with Crippen molar-refractivity contribution in [2.24, 2.45) is 0 Å². The van der Waals surface area contributed by atoms with Gasteiger partial charge in [-0.3, -0.25) is 9.59 Å². The Balaban J connectivity index is 1.48. The summed E-state index contributed by atoms with van der Waals surface area (Å²) < 4.78 is 10.4. The van der Waals surface area contributed by atoms with E-state index in [2.05, 4.69) is 0 Å². The Morgan fingerprint density at radius 1 is 0.680 bits per heavy atom. The first-order chi connectivity index (χ1) is 12.2. The number of esters is 2. The maximum absolute atomic E-state index is 11.6. The number of ether oxygens (including phenoxy) is 2. The molecule has 0 spiro atoms. The molecule has 0 saturated heterocycles. The molecule has 0 N–H and O–H groups in total. The van der Waals surface area contributed by atoms with Crippen LogP contribution in [0.3, 0.4) is 0 Å². The molecule has 0 aliphatic carbocycles. The molecule has 0 saturated carbocycles. The molecule has 0 heterocycles. The first kappa shape index (κ1) is 19.1. The third-order valence-electron chi connectivity index (χ3n) is 3.39. The SMILES string of the molecule is O=C(CCSCCC(=O)OCc1ccccc1)OCc1ccccc1. The van der Waals surface area contributed by atoms with E-state index in [1.807, 2.05) is 60.7 Å². The molecule has 0 unspecified atom stereocenters. The normalized spacial score (nSPS) is 10.2. The van der Waals surface area contributed by atoms with Gasteiger partial charge in [-0.05, 0) is 11.1 Å². The van der Waals surface area contributed by atoms with Crippen LogP contribution >= 0.6 is 11.8 Å². The van der Waals surface area contributed by atoms with Crippen LogP contribution < -0.4 is 0 Å². The molecule has 5 heteroatoms. The molecule has 0 amide bonds. The van der Waals surface area contributed by atoms with Gasteiger partial charge in [0.05, 0.1) is 12.8 Å². The maximum atomic E-state index is 11.6. The topological polar surface area (TPSA) is 52.6 Å². The minimum atomic E-state index is -0.219. The minimum absolute atomic E-state index is 0.219. The van der Waals surface area contributed by atoms with Crippen LogP contribution in [-0.4, -0.2) is 23.4 Å². The largest absolute Gasteiger partial charge is 0.461 e. The predicted molar refractivity (Wildman–Crippen MR) is 99.0 cm³/mol. The van der Waals surface area contributed by atoms with Gasteiger partial charge in [0.1, 0.15) is 13.2 Å². The zero-order valence-electron chi connectivity index (χ0n) is 14.1. The lowest BCUT2D eigenvalue weighted by Gasteiger charge is -2.06. The highest BCUT2D eigenvalue weighted by atomic mass is 32.2. The second-order valence-electron chi connectivity index (χ2n) is 5.40. The quantitative estimate of drug-likeness (QED) is 0.475. The highest BCUT2D eigenvalue weighted by Gasteiger charge is 2.06. The molecule has 0 bridgehead atoms. The first-order valence-electron chi connectivity index (χ1n) is 8.21. The lowest BCUT2D eigenvalue weighted by molar-refractivity contribution is -0.145. The van der Waals surface area contributed by atoms with Crippen molar-refractivity contribution in [2.75, 3.05) is 11.5 Å². The van der Waals surface area contributed by atoms with Gasteiger partial charge in [0.25, 0.3) is 0 Å². The third kappa shape index (κ3) is 8.40. The van der Waals surface area contributed by atoms with Crippen molar-refractivity contribution in [3.63, 3.8) is 0 Å². The average Bonchev–Trinajstić information content (AvgIpc) is 2.66. The highest BCUT2D eigenvalue weighted by Crippen LogP contribution is 2.09. The molecule has 0 atom stereocenters. The fraction of sp³-hybridized carbons (Fsp3) is 0.300. The Kier molecular flexibility index (Phi) is 8.63. The second-order valence-corrected chi connectivity index (χ2v) is 6.63. The molecule has 0 fully saturated rings. The van der Waals surface area contributed by atoms with E-state index in [-0.39, 0.29) is 11.9 Å². The van der Waals surface area contributed by atoms with Crippen LogP contribution in [0, 0.1) is 0 Å². The van der Waals surface area contributed by atoms with Gasteiger partial charge in [-0.15, -0.1) is 0 Å². The third-order valence-corrected chi connectivity index (χ3v) is 4.37. The summed E-state index contributed by atoms with van der Waals surface area (Å²) in [6.45, 7) is 0.603. The highest BCUT2D eigenvalue weighted by molar-refractivity contribution is 7.99. The number of carbonyl (C=O) groups excluding carboxylic acids is 2. The van der Waals surface area contributed by atoms with Crippen molar-refractivity contribution in [1.82, 2.24) is 0 Å². The van der Waals surface area contributed by atoms with Crippen molar-refractivity contribution in [3.8, 4) is 0 Å².